The number of nitrogens with zero attached hydrogens (tertiary/aromatic N) is 5. The molecular formula is C32H32N6O3S. The van der Waals surface area contributed by atoms with E-state index in [2.05, 4.69) is 38.0 Å². The van der Waals surface area contributed by atoms with E-state index in [0.717, 1.165) is 32.0 Å². The van der Waals surface area contributed by atoms with E-state index in [-0.39, 0.29) is 18.6 Å². The molecule has 0 unspecified atom stereocenters. The van der Waals surface area contributed by atoms with Gasteiger partial charge in [0.05, 0.1) is 29.1 Å². The lowest BCUT2D eigenvalue weighted by molar-refractivity contribution is 0.246. The summed E-state index contributed by atoms with van der Waals surface area (Å²) in [5.74, 6) is 0.808. The Hall–Kier alpha value is -4.67. The van der Waals surface area contributed by atoms with E-state index in [0.29, 0.717) is 22.9 Å². The van der Waals surface area contributed by atoms with Crippen LogP contribution in [0.5, 0.6) is 11.6 Å². The molecular weight excluding hydrogens is 548 g/mol. The number of fused-ring (bicyclic) bond motifs is 3. The number of nitrogens with two attached hydrogens (primary N) is 1. The maximum Gasteiger partial charge on any atom is 0.335 e. The molecule has 0 fully saturated rings. The molecule has 0 saturated heterocycles. The summed E-state index contributed by atoms with van der Waals surface area (Å²) in [6.07, 6.45) is 1.72. The summed E-state index contributed by atoms with van der Waals surface area (Å²) in [5.41, 5.74) is 12.0. The summed E-state index contributed by atoms with van der Waals surface area (Å²) >= 11 is 1.54. The number of imidazole rings is 1. The van der Waals surface area contributed by atoms with Gasteiger partial charge in [0, 0.05) is 17.3 Å². The lowest BCUT2D eigenvalue weighted by atomic mass is 9.86. The fourth-order valence-electron chi connectivity index (χ4n) is 5.03. The van der Waals surface area contributed by atoms with Crippen LogP contribution in [-0.4, -0.2) is 30.4 Å². The highest BCUT2D eigenvalue weighted by Crippen LogP contribution is 2.36. The van der Waals surface area contributed by atoms with Crippen LogP contribution >= 0.6 is 11.3 Å². The summed E-state index contributed by atoms with van der Waals surface area (Å²) in [5, 5.41) is 16.3. The number of aryl methyl sites for hydroxylation is 1. The highest BCUT2D eigenvalue weighted by Gasteiger charge is 2.22. The van der Waals surface area contributed by atoms with Crippen LogP contribution in [0.3, 0.4) is 0 Å². The predicted octanol–water partition coefficient (Wildman–Crippen LogP) is 6.52. The van der Waals surface area contributed by atoms with E-state index >= 15 is 0 Å². The number of aromatic nitrogens is 4. The van der Waals surface area contributed by atoms with Crippen molar-refractivity contribution in [1.82, 2.24) is 19.3 Å². The number of aliphatic hydroxyl groups excluding tert-OH is 1. The van der Waals surface area contributed by atoms with Crippen molar-refractivity contribution in [3.05, 3.63) is 101 Å². The third kappa shape index (κ3) is 4.99. The average Bonchev–Trinajstić information content (AvgIpc) is 3.66. The molecule has 2 amide bonds. The van der Waals surface area contributed by atoms with Crippen molar-refractivity contribution in [2.24, 2.45) is 5.73 Å². The minimum Gasteiger partial charge on any atom is -0.437 e. The normalized spacial score (nSPS) is 11.8. The quantitative estimate of drug-likeness (QED) is 0.223. The van der Waals surface area contributed by atoms with Gasteiger partial charge < -0.3 is 15.6 Å². The molecule has 0 bridgehead atoms. The number of ether oxygens (including phenoxy) is 1. The van der Waals surface area contributed by atoms with Crippen LogP contribution in [-0.2, 0) is 18.6 Å². The average molecular weight is 581 g/mol. The number of primary amides is 1. The van der Waals surface area contributed by atoms with Gasteiger partial charge in [-0.1, -0.05) is 80.6 Å². The topological polar surface area (TPSA) is 111 Å². The van der Waals surface area contributed by atoms with Crippen LogP contribution in [0.2, 0.25) is 0 Å². The number of carbonyl (C=O) groups is 1. The van der Waals surface area contributed by atoms with E-state index < -0.39 is 6.03 Å². The lowest BCUT2D eigenvalue weighted by Crippen LogP contribution is -2.44. The monoisotopic (exact) mass is 580 g/mol. The summed E-state index contributed by atoms with van der Waals surface area (Å²) in [6, 6.07) is 22.9. The molecule has 214 valence electrons. The van der Waals surface area contributed by atoms with Crippen LogP contribution in [0.1, 0.15) is 43.2 Å². The van der Waals surface area contributed by atoms with Crippen molar-refractivity contribution in [1.29, 1.82) is 0 Å². The molecule has 6 rings (SSSR count). The van der Waals surface area contributed by atoms with Gasteiger partial charge in [0.1, 0.15) is 11.4 Å². The third-order valence-corrected chi connectivity index (χ3v) is 8.29. The first-order valence-electron chi connectivity index (χ1n) is 13.6. The summed E-state index contributed by atoms with van der Waals surface area (Å²) < 4.78 is 9.34. The van der Waals surface area contributed by atoms with Crippen molar-refractivity contribution >= 4 is 32.5 Å². The molecule has 0 radical (unpaired) electrons. The second kappa shape index (κ2) is 10.6. The minimum absolute atomic E-state index is 0.00639. The molecule has 3 aromatic heterocycles. The highest BCUT2D eigenvalue weighted by molar-refractivity contribution is 7.23. The van der Waals surface area contributed by atoms with Gasteiger partial charge in [0.25, 0.3) is 0 Å². The highest BCUT2D eigenvalue weighted by atomic mass is 32.1. The van der Waals surface area contributed by atoms with Gasteiger partial charge in [0.15, 0.2) is 4.96 Å². The Bertz CT molecular complexity index is 1930. The Morgan fingerprint density at radius 1 is 1.07 bits per heavy atom. The number of hydrogen-bond acceptors (Lipinski definition) is 6. The summed E-state index contributed by atoms with van der Waals surface area (Å²) in [6.45, 7) is 8.38. The van der Waals surface area contributed by atoms with Crippen molar-refractivity contribution in [3.8, 4) is 22.9 Å². The van der Waals surface area contributed by atoms with Gasteiger partial charge in [-0.2, -0.15) is 14.9 Å². The molecule has 6 aromatic rings. The molecule has 0 saturated carbocycles. The first-order chi connectivity index (χ1) is 20.1. The molecule has 3 aromatic carbocycles. The predicted molar refractivity (Wildman–Crippen MR) is 166 cm³/mol. The van der Waals surface area contributed by atoms with Crippen LogP contribution < -0.4 is 15.5 Å². The van der Waals surface area contributed by atoms with Crippen molar-refractivity contribution < 1.29 is 14.6 Å². The van der Waals surface area contributed by atoms with Crippen molar-refractivity contribution in [3.63, 3.8) is 0 Å². The molecule has 0 aliphatic carbocycles. The molecule has 3 heterocycles. The standard InChI is InChI=1S/C32H32N6O3S/c1-20-9-7-14-27-28(20)38-25(19-39)29(34-31(38)42-27)41-26-13-6-5-10-22(26)18-36(30(33)40)37-16-15-24(35-37)21-11-8-12-23(17-21)32(2,3)4/h5-17,39H,18-19H2,1-4H3,(H2,33,40). The van der Waals surface area contributed by atoms with E-state index in [1.165, 1.54) is 26.7 Å². The van der Waals surface area contributed by atoms with Crippen molar-refractivity contribution in [2.45, 2.75) is 46.3 Å². The number of para-hydroxylation sites is 2. The SMILES string of the molecule is Cc1cccc2sc3nc(Oc4ccccc4CN(C(N)=O)n4ccc(-c5cccc(C(C)(C)C)c5)n4)c(CO)n3c12. The number of thiazole rings is 1. The molecule has 0 atom stereocenters. The van der Waals surface area contributed by atoms with Crippen LogP contribution in [0, 0.1) is 6.92 Å². The molecule has 3 N–H and O–H groups in total. The van der Waals surface area contributed by atoms with E-state index in [4.69, 9.17) is 15.5 Å². The van der Waals surface area contributed by atoms with Gasteiger partial charge in [-0.05, 0) is 47.7 Å². The summed E-state index contributed by atoms with van der Waals surface area (Å²) in [7, 11) is 0. The van der Waals surface area contributed by atoms with Gasteiger partial charge >= 0.3 is 6.03 Å². The maximum atomic E-state index is 12.6. The minimum atomic E-state index is -0.664. The first-order valence-corrected chi connectivity index (χ1v) is 14.5. The largest absolute Gasteiger partial charge is 0.437 e. The van der Waals surface area contributed by atoms with E-state index in [9.17, 15) is 9.90 Å². The second-order valence-corrected chi connectivity index (χ2v) is 12.2. The van der Waals surface area contributed by atoms with Gasteiger partial charge in [-0.25, -0.2) is 9.80 Å². The molecule has 10 heteroatoms. The van der Waals surface area contributed by atoms with Gasteiger partial charge in [0.2, 0.25) is 5.88 Å². The molecule has 0 spiro atoms. The fourth-order valence-corrected chi connectivity index (χ4v) is 6.14. The smallest absolute Gasteiger partial charge is 0.335 e. The van der Waals surface area contributed by atoms with Crippen LogP contribution in [0.25, 0.3) is 26.4 Å². The number of amides is 2. The zero-order valence-corrected chi connectivity index (χ0v) is 24.7. The second-order valence-electron chi connectivity index (χ2n) is 11.2. The van der Waals surface area contributed by atoms with Crippen LogP contribution in [0.15, 0.2) is 79.0 Å². The molecule has 42 heavy (non-hydrogen) atoms. The maximum absolute atomic E-state index is 12.6. The fraction of sp³-hybridized carbons (Fsp3) is 0.219. The Balaban J connectivity index is 1.31. The van der Waals surface area contributed by atoms with Gasteiger partial charge in [-0.15, -0.1) is 0 Å². The number of aliphatic hydroxyl groups is 1. The lowest BCUT2D eigenvalue weighted by Gasteiger charge is -2.21. The molecule has 0 aliphatic rings. The van der Waals surface area contributed by atoms with E-state index in [1.807, 2.05) is 65.9 Å². The third-order valence-electron chi connectivity index (χ3n) is 7.28. The Kier molecular flexibility index (Phi) is 6.96. The van der Waals surface area contributed by atoms with E-state index in [1.54, 1.807) is 12.3 Å². The Labute approximate surface area is 247 Å². The van der Waals surface area contributed by atoms with Crippen LogP contribution in [0.4, 0.5) is 4.79 Å². The number of rotatable bonds is 7. The molecule has 0 aliphatic heterocycles. The number of carbonyl (C=O) groups excluding carboxylic acids is 1. The number of urea groups is 1. The number of benzene rings is 3. The first kappa shape index (κ1) is 27.5. The molecule has 9 nitrogen and oxygen atoms in total. The van der Waals surface area contributed by atoms with Crippen molar-refractivity contribution in [2.75, 3.05) is 5.01 Å². The van der Waals surface area contributed by atoms with Gasteiger partial charge in [-0.3, -0.25) is 4.40 Å². The zero-order valence-electron chi connectivity index (χ0n) is 23.9. The number of hydrogen-bond donors (Lipinski definition) is 2. The summed E-state index contributed by atoms with van der Waals surface area (Å²) in [4.78, 5) is 19.5. The zero-order chi connectivity index (χ0) is 29.6. The Morgan fingerprint density at radius 2 is 1.86 bits per heavy atom. The Morgan fingerprint density at radius 3 is 2.62 bits per heavy atom.